The van der Waals surface area contributed by atoms with Gasteiger partial charge in [-0.1, -0.05) is 0 Å². The van der Waals surface area contributed by atoms with E-state index < -0.39 is 23.7 Å². The zero-order chi connectivity index (χ0) is 13.3. The Hall–Kier alpha value is -1.82. The second kappa shape index (κ2) is 4.45. The van der Waals surface area contributed by atoms with Crippen molar-refractivity contribution in [1.29, 1.82) is 0 Å². The van der Waals surface area contributed by atoms with Crippen LogP contribution in [0.2, 0.25) is 0 Å². The highest BCUT2D eigenvalue weighted by Crippen LogP contribution is 2.33. The summed E-state index contributed by atoms with van der Waals surface area (Å²) in [6, 6.07) is 3.34. The van der Waals surface area contributed by atoms with Crippen LogP contribution in [0.1, 0.15) is 22.8 Å². The van der Waals surface area contributed by atoms with E-state index in [4.69, 9.17) is 4.42 Å². The van der Waals surface area contributed by atoms with Gasteiger partial charge in [-0.2, -0.15) is 13.2 Å². The van der Waals surface area contributed by atoms with Crippen LogP contribution in [0.3, 0.4) is 0 Å². The minimum Gasteiger partial charge on any atom is -0.472 e. The average Bonchev–Trinajstić information content (AvgIpc) is 2.79. The highest BCUT2D eigenvalue weighted by molar-refractivity contribution is 5.33. The lowest BCUT2D eigenvalue weighted by atomic mass is 10.0. The van der Waals surface area contributed by atoms with Gasteiger partial charge in [0.2, 0.25) is 0 Å². The van der Waals surface area contributed by atoms with Crippen LogP contribution in [0.15, 0.2) is 41.2 Å². The van der Waals surface area contributed by atoms with E-state index in [1.165, 1.54) is 18.6 Å². The summed E-state index contributed by atoms with van der Waals surface area (Å²) in [6.45, 7) is 0. The van der Waals surface area contributed by atoms with Gasteiger partial charge in [0.1, 0.15) is 11.9 Å². The van der Waals surface area contributed by atoms with Crippen molar-refractivity contribution in [1.82, 2.24) is 0 Å². The van der Waals surface area contributed by atoms with E-state index in [-0.39, 0.29) is 11.1 Å². The molecule has 18 heavy (non-hydrogen) atoms. The van der Waals surface area contributed by atoms with Crippen molar-refractivity contribution in [3.63, 3.8) is 0 Å². The Balaban J connectivity index is 2.43. The van der Waals surface area contributed by atoms with Gasteiger partial charge in [-0.25, -0.2) is 4.39 Å². The number of rotatable bonds is 2. The number of aliphatic hydroxyl groups excluding tert-OH is 1. The van der Waals surface area contributed by atoms with E-state index in [1.54, 1.807) is 0 Å². The van der Waals surface area contributed by atoms with Crippen LogP contribution >= 0.6 is 0 Å². The molecule has 1 N–H and O–H groups in total. The Bertz CT molecular complexity index is 532. The number of halogens is 4. The van der Waals surface area contributed by atoms with E-state index in [0.717, 1.165) is 6.07 Å². The van der Waals surface area contributed by atoms with E-state index in [2.05, 4.69) is 0 Å². The van der Waals surface area contributed by atoms with Crippen LogP contribution in [-0.4, -0.2) is 5.11 Å². The highest BCUT2D eigenvalue weighted by Gasteiger charge is 2.32. The van der Waals surface area contributed by atoms with Gasteiger partial charge in [0.25, 0.3) is 0 Å². The van der Waals surface area contributed by atoms with Gasteiger partial charge in [-0.05, 0) is 29.8 Å². The minimum absolute atomic E-state index is 0.177. The summed E-state index contributed by atoms with van der Waals surface area (Å²) >= 11 is 0. The molecule has 0 saturated heterocycles. The number of hydrogen-bond acceptors (Lipinski definition) is 2. The largest absolute Gasteiger partial charge is 0.472 e. The lowest BCUT2D eigenvalue weighted by Gasteiger charge is -2.13. The third kappa shape index (κ3) is 2.53. The lowest BCUT2D eigenvalue weighted by molar-refractivity contribution is -0.137. The van der Waals surface area contributed by atoms with Crippen molar-refractivity contribution >= 4 is 0 Å². The highest BCUT2D eigenvalue weighted by atomic mass is 19.4. The molecule has 0 bridgehead atoms. The van der Waals surface area contributed by atoms with Gasteiger partial charge in [-0.15, -0.1) is 0 Å². The maximum atomic E-state index is 13.1. The SMILES string of the molecule is OC(c1ccoc1)c1cc(F)cc(C(F)(F)F)c1. The summed E-state index contributed by atoms with van der Waals surface area (Å²) in [4.78, 5) is 0. The van der Waals surface area contributed by atoms with Gasteiger partial charge in [0.05, 0.1) is 18.1 Å². The molecule has 1 aromatic heterocycles. The molecule has 0 radical (unpaired) electrons. The molecule has 1 heterocycles. The summed E-state index contributed by atoms with van der Waals surface area (Å²) in [7, 11) is 0. The lowest BCUT2D eigenvalue weighted by Crippen LogP contribution is -2.08. The molecular weight excluding hydrogens is 252 g/mol. The van der Waals surface area contributed by atoms with Gasteiger partial charge in [0.15, 0.2) is 0 Å². The Morgan fingerprint density at radius 2 is 1.83 bits per heavy atom. The first-order valence-electron chi connectivity index (χ1n) is 4.96. The van der Waals surface area contributed by atoms with Crippen LogP contribution in [-0.2, 0) is 6.18 Å². The van der Waals surface area contributed by atoms with Crippen LogP contribution in [0.5, 0.6) is 0 Å². The van der Waals surface area contributed by atoms with Crippen molar-refractivity contribution in [2.24, 2.45) is 0 Å². The van der Waals surface area contributed by atoms with Crippen molar-refractivity contribution in [3.8, 4) is 0 Å². The van der Waals surface area contributed by atoms with Crippen LogP contribution < -0.4 is 0 Å². The predicted octanol–water partition coefficient (Wildman–Crippen LogP) is 3.52. The zero-order valence-electron chi connectivity index (χ0n) is 8.91. The molecule has 0 amide bonds. The summed E-state index contributed by atoms with van der Waals surface area (Å²) in [5.41, 5.74) is -1.06. The fourth-order valence-corrected chi connectivity index (χ4v) is 1.56. The number of benzene rings is 1. The smallest absolute Gasteiger partial charge is 0.416 e. The molecule has 0 aliphatic rings. The van der Waals surface area contributed by atoms with E-state index >= 15 is 0 Å². The number of hydrogen-bond donors (Lipinski definition) is 1. The number of furan rings is 1. The van der Waals surface area contributed by atoms with Crippen LogP contribution in [0, 0.1) is 5.82 Å². The van der Waals surface area contributed by atoms with Crippen molar-refractivity contribution in [3.05, 3.63) is 59.3 Å². The number of alkyl halides is 3. The second-order valence-electron chi connectivity index (χ2n) is 3.73. The normalized spacial score (nSPS) is 13.6. The molecule has 2 nitrogen and oxygen atoms in total. The Labute approximate surface area is 99.5 Å². The van der Waals surface area contributed by atoms with E-state index in [9.17, 15) is 22.7 Å². The second-order valence-corrected chi connectivity index (χ2v) is 3.73. The first kappa shape index (κ1) is 12.6. The van der Waals surface area contributed by atoms with Crippen molar-refractivity contribution in [2.45, 2.75) is 12.3 Å². The summed E-state index contributed by atoms with van der Waals surface area (Å²) < 4.78 is 55.3. The van der Waals surface area contributed by atoms with Crippen LogP contribution in [0.4, 0.5) is 17.6 Å². The fraction of sp³-hybridized carbons (Fsp3) is 0.167. The zero-order valence-corrected chi connectivity index (χ0v) is 8.91. The fourth-order valence-electron chi connectivity index (χ4n) is 1.56. The molecule has 2 rings (SSSR count). The topological polar surface area (TPSA) is 33.4 Å². The molecule has 0 spiro atoms. The maximum absolute atomic E-state index is 13.1. The molecule has 6 heteroatoms. The Kier molecular flexibility index (Phi) is 3.13. The third-order valence-corrected chi connectivity index (χ3v) is 2.42. The molecule has 96 valence electrons. The summed E-state index contributed by atoms with van der Waals surface area (Å²) in [6.07, 6.45) is -3.57. The standard InChI is InChI=1S/C12H8F4O2/c13-10-4-8(3-9(5-10)12(14,15)16)11(17)7-1-2-18-6-7/h1-6,11,17H. The minimum atomic E-state index is -4.66. The molecule has 0 saturated carbocycles. The first-order valence-corrected chi connectivity index (χ1v) is 4.96. The van der Waals surface area contributed by atoms with E-state index in [0.29, 0.717) is 12.1 Å². The maximum Gasteiger partial charge on any atom is 0.416 e. The average molecular weight is 260 g/mol. The molecule has 1 aromatic carbocycles. The molecule has 0 aliphatic carbocycles. The molecule has 1 atom stereocenters. The van der Waals surface area contributed by atoms with Crippen molar-refractivity contribution < 1.29 is 27.1 Å². The quantitative estimate of drug-likeness (QED) is 0.838. The summed E-state index contributed by atoms with van der Waals surface area (Å²) in [5.74, 6) is -1.05. The van der Waals surface area contributed by atoms with Crippen LogP contribution in [0.25, 0.3) is 0 Å². The molecular formula is C12H8F4O2. The van der Waals surface area contributed by atoms with Crippen molar-refractivity contribution in [2.75, 3.05) is 0 Å². The third-order valence-electron chi connectivity index (χ3n) is 2.42. The predicted molar refractivity (Wildman–Crippen MR) is 54.2 cm³/mol. The summed E-state index contributed by atoms with van der Waals surface area (Å²) in [5, 5.41) is 9.80. The van der Waals surface area contributed by atoms with E-state index in [1.807, 2.05) is 0 Å². The Morgan fingerprint density at radius 3 is 2.39 bits per heavy atom. The van der Waals surface area contributed by atoms with Gasteiger partial charge in [0, 0.05) is 5.56 Å². The molecule has 2 aromatic rings. The monoisotopic (exact) mass is 260 g/mol. The van der Waals surface area contributed by atoms with Gasteiger partial charge >= 0.3 is 6.18 Å². The molecule has 0 fully saturated rings. The molecule has 1 unspecified atom stereocenters. The number of aliphatic hydroxyl groups is 1. The first-order chi connectivity index (χ1) is 8.38. The van der Waals surface area contributed by atoms with Gasteiger partial charge < -0.3 is 9.52 Å². The van der Waals surface area contributed by atoms with Gasteiger partial charge in [-0.3, -0.25) is 0 Å². The Morgan fingerprint density at radius 1 is 1.11 bits per heavy atom. The molecule has 0 aliphatic heterocycles.